The van der Waals surface area contributed by atoms with Crippen LogP contribution in [0.15, 0.2) is 66.7 Å². The van der Waals surface area contributed by atoms with Gasteiger partial charge in [-0.05, 0) is 35.2 Å². The van der Waals surface area contributed by atoms with Crippen molar-refractivity contribution in [2.75, 3.05) is 19.0 Å². The van der Waals surface area contributed by atoms with E-state index in [4.69, 9.17) is 5.41 Å². The number of benzene rings is 3. The maximum Gasteiger partial charge on any atom is 0.203 e. The number of hydrogen-bond donors (Lipinski definition) is 2. The van der Waals surface area contributed by atoms with Crippen LogP contribution in [0.1, 0.15) is 42.3 Å². The fourth-order valence-corrected chi connectivity index (χ4v) is 4.31. The Morgan fingerprint density at radius 1 is 0.943 bits per heavy atom. The Balaban J connectivity index is 0.00000342. The van der Waals surface area contributed by atoms with Gasteiger partial charge in [0.25, 0.3) is 0 Å². The third kappa shape index (κ3) is 5.20. The molecular weight excluding hydrogens is 504 g/mol. The number of rotatable bonds is 6. The lowest BCUT2D eigenvalue weighted by Gasteiger charge is -2.25. The van der Waals surface area contributed by atoms with Crippen LogP contribution in [0.3, 0.4) is 0 Å². The highest BCUT2D eigenvalue weighted by atomic mass is 79.9. The van der Waals surface area contributed by atoms with Crippen LogP contribution in [-0.2, 0) is 18.5 Å². The molecule has 0 aliphatic heterocycles. The van der Waals surface area contributed by atoms with Crippen molar-refractivity contribution in [3.63, 3.8) is 0 Å². The highest BCUT2D eigenvalue weighted by molar-refractivity contribution is 8.93. The first-order valence-corrected chi connectivity index (χ1v) is 11.4. The number of Topliss-reactive ketones (excluding diaryl/α,β-unsaturated/α-hetero) is 1. The maximum absolute atomic E-state index is 13.5. The predicted molar refractivity (Wildman–Crippen MR) is 147 cm³/mol. The molecule has 6 nitrogen and oxygen atoms in total. The van der Waals surface area contributed by atoms with Gasteiger partial charge >= 0.3 is 0 Å². The number of phenols is 1. The SMILES string of the molecule is Br.CN(C)c1cc(C(=O)Cn2c(=N)n(Cc3ccccc3)c3ccccc32)cc(C(C)(C)C)c1O. The summed E-state index contributed by atoms with van der Waals surface area (Å²) in [6, 6.07) is 21.4. The molecule has 7 heteroatoms. The Morgan fingerprint density at radius 3 is 2.09 bits per heavy atom. The molecule has 2 N–H and O–H groups in total. The maximum atomic E-state index is 13.5. The van der Waals surface area contributed by atoms with Crippen molar-refractivity contribution < 1.29 is 9.90 Å². The van der Waals surface area contributed by atoms with Crippen LogP contribution in [0.2, 0.25) is 0 Å². The largest absolute Gasteiger partial charge is 0.505 e. The van der Waals surface area contributed by atoms with Gasteiger partial charge in [0, 0.05) is 25.2 Å². The Hall–Kier alpha value is -3.32. The summed E-state index contributed by atoms with van der Waals surface area (Å²) >= 11 is 0. The number of ketones is 1. The quantitative estimate of drug-likeness (QED) is 0.319. The first-order chi connectivity index (χ1) is 16.1. The first-order valence-electron chi connectivity index (χ1n) is 11.4. The third-order valence-electron chi connectivity index (χ3n) is 6.16. The molecule has 0 aliphatic carbocycles. The number of nitrogens with one attached hydrogen (secondary N) is 1. The summed E-state index contributed by atoms with van der Waals surface area (Å²) in [6.45, 7) is 6.65. The smallest absolute Gasteiger partial charge is 0.203 e. The van der Waals surface area contributed by atoms with Crippen molar-refractivity contribution in [3.05, 3.63) is 89.0 Å². The minimum absolute atomic E-state index is 0. The van der Waals surface area contributed by atoms with Gasteiger partial charge in [-0.15, -0.1) is 17.0 Å². The molecule has 4 aromatic rings. The number of hydrogen-bond acceptors (Lipinski definition) is 4. The third-order valence-corrected chi connectivity index (χ3v) is 6.16. The van der Waals surface area contributed by atoms with Crippen molar-refractivity contribution in [3.8, 4) is 5.75 Å². The molecule has 0 fully saturated rings. The first kappa shape index (κ1) is 26.3. The molecule has 0 saturated carbocycles. The molecule has 35 heavy (non-hydrogen) atoms. The van der Waals surface area contributed by atoms with E-state index in [1.54, 1.807) is 16.7 Å². The van der Waals surface area contributed by atoms with Gasteiger partial charge < -0.3 is 19.1 Å². The highest BCUT2D eigenvalue weighted by Crippen LogP contribution is 2.38. The molecule has 0 spiro atoms. The molecule has 4 rings (SSSR count). The molecule has 3 aromatic carbocycles. The average molecular weight is 538 g/mol. The fourth-order valence-electron chi connectivity index (χ4n) is 4.31. The molecule has 0 aliphatic rings. The van der Waals surface area contributed by atoms with Crippen LogP contribution in [0, 0.1) is 5.41 Å². The Bertz CT molecular complexity index is 1410. The second kappa shape index (κ2) is 10.1. The van der Waals surface area contributed by atoms with E-state index in [2.05, 4.69) is 0 Å². The molecule has 0 radical (unpaired) electrons. The molecule has 184 valence electrons. The van der Waals surface area contributed by atoms with Crippen molar-refractivity contribution in [1.82, 2.24) is 9.13 Å². The minimum atomic E-state index is -0.329. The number of aromatic hydroxyl groups is 1. The van der Waals surface area contributed by atoms with E-state index in [1.165, 1.54) is 0 Å². The molecule has 0 atom stereocenters. The summed E-state index contributed by atoms with van der Waals surface area (Å²) in [4.78, 5) is 15.3. The van der Waals surface area contributed by atoms with Crippen LogP contribution in [-0.4, -0.2) is 34.1 Å². The summed E-state index contributed by atoms with van der Waals surface area (Å²) in [5.41, 5.74) is 4.67. The number of fused-ring (bicyclic) bond motifs is 1. The minimum Gasteiger partial charge on any atom is -0.505 e. The number of halogens is 1. The van der Waals surface area contributed by atoms with Crippen molar-refractivity contribution >= 4 is 39.5 Å². The van der Waals surface area contributed by atoms with Crippen molar-refractivity contribution in [2.45, 2.75) is 39.3 Å². The second-order valence-corrected chi connectivity index (χ2v) is 9.93. The summed E-state index contributed by atoms with van der Waals surface area (Å²) in [5.74, 6) is 0.0945. The van der Waals surface area contributed by atoms with E-state index < -0.39 is 0 Å². The van der Waals surface area contributed by atoms with Gasteiger partial charge in [0.1, 0.15) is 5.75 Å². The standard InChI is InChI=1S/C28H32N4O2.BrH/c1-28(2,3)21-15-20(16-24(26(21)34)30(4)5)25(33)18-32-23-14-10-9-13-22(23)31(27(32)29)17-19-11-7-6-8-12-19;/h6-16,29,34H,17-18H2,1-5H3;1H. The predicted octanol–water partition coefficient (Wildman–Crippen LogP) is 5.50. The number of carbonyl (C=O) groups is 1. The lowest BCUT2D eigenvalue weighted by Crippen LogP contribution is -2.28. The molecule has 0 saturated heterocycles. The molecular formula is C28H33BrN4O2. The number of aromatic nitrogens is 2. The number of carbonyl (C=O) groups excluding carboxylic acids is 1. The molecule has 0 bridgehead atoms. The number of nitrogens with zero attached hydrogens (tertiary/aromatic N) is 3. The second-order valence-electron chi connectivity index (χ2n) is 9.93. The monoisotopic (exact) mass is 536 g/mol. The lowest BCUT2D eigenvalue weighted by molar-refractivity contribution is 0.0971. The molecule has 0 amide bonds. The van der Waals surface area contributed by atoms with E-state index >= 15 is 0 Å². The molecule has 0 unspecified atom stereocenters. The van der Waals surface area contributed by atoms with Gasteiger partial charge in [0.15, 0.2) is 5.78 Å². The number of anilines is 1. The Morgan fingerprint density at radius 2 is 1.51 bits per heavy atom. The van der Waals surface area contributed by atoms with Crippen molar-refractivity contribution in [1.29, 1.82) is 5.41 Å². The highest BCUT2D eigenvalue weighted by Gasteiger charge is 2.24. The van der Waals surface area contributed by atoms with E-state index in [1.807, 2.05) is 98.9 Å². The number of phenolic OH excluding ortho intramolecular Hbond substituents is 1. The summed E-state index contributed by atoms with van der Waals surface area (Å²) in [5, 5.41) is 19.7. The van der Waals surface area contributed by atoms with E-state index in [-0.39, 0.29) is 46.1 Å². The van der Waals surface area contributed by atoms with Crippen LogP contribution in [0.4, 0.5) is 5.69 Å². The molecule has 1 aromatic heterocycles. The summed E-state index contributed by atoms with van der Waals surface area (Å²) in [6.07, 6.45) is 0. The van der Waals surface area contributed by atoms with Crippen LogP contribution in [0.25, 0.3) is 11.0 Å². The van der Waals surface area contributed by atoms with Gasteiger partial charge in [-0.2, -0.15) is 0 Å². The molecule has 1 heterocycles. The summed E-state index contributed by atoms with van der Waals surface area (Å²) < 4.78 is 3.69. The zero-order valence-electron chi connectivity index (χ0n) is 20.9. The van der Waals surface area contributed by atoms with Gasteiger partial charge in [-0.1, -0.05) is 63.2 Å². The van der Waals surface area contributed by atoms with E-state index in [9.17, 15) is 9.90 Å². The number of para-hydroxylation sites is 2. The van der Waals surface area contributed by atoms with Crippen LogP contribution in [0.5, 0.6) is 5.75 Å². The summed E-state index contributed by atoms with van der Waals surface area (Å²) in [7, 11) is 3.70. The zero-order chi connectivity index (χ0) is 24.6. The number of imidazole rings is 1. The zero-order valence-corrected chi connectivity index (χ0v) is 22.6. The van der Waals surface area contributed by atoms with Gasteiger partial charge in [0.05, 0.1) is 29.8 Å². The van der Waals surface area contributed by atoms with Gasteiger partial charge in [-0.25, -0.2) is 0 Å². The Kier molecular flexibility index (Phi) is 7.60. The van der Waals surface area contributed by atoms with Crippen LogP contribution < -0.4 is 10.5 Å². The van der Waals surface area contributed by atoms with Gasteiger partial charge in [0.2, 0.25) is 5.62 Å². The average Bonchev–Trinajstić information content (AvgIpc) is 3.05. The van der Waals surface area contributed by atoms with Gasteiger partial charge in [-0.3, -0.25) is 10.2 Å². The lowest BCUT2D eigenvalue weighted by atomic mass is 9.84. The normalized spacial score (nSPS) is 11.3. The topological polar surface area (TPSA) is 74.2 Å². The van der Waals surface area contributed by atoms with Crippen LogP contribution >= 0.6 is 17.0 Å². The Labute approximate surface area is 216 Å². The van der Waals surface area contributed by atoms with E-state index in [0.29, 0.717) is 17.8 Å². The fraction of sp³-hybridized carbons (Fsp3) is 0.286. The van der Waals surface area contributed by atoms with Crippen molar-refractivity contribution in [2.24, 2.45) is 0 Å². The van der Waals surface area contributed by atoms with E-state index in [0.717, 1.165) is 22.2 Å².